The molecule has 0 fully saturated rings. The van der Waals surface area contributed by atoms with Crippen LogP contribution < -0.4 is 5.32 Å². The van der Waals surface area contributed by atoms with Gasteiger partial charge in [0.1, 0.15) is 16.3 Å². The van der Waals surface area contributed by atoms with E-state index in [2.05, 4.69) is 21.2 Å². The average Bonchev–Trinajstić information content (AvgIpc) is 2.25. The minimum atomic E-state index is -4.47. The van der Waals surface area contributed by atoms with Crippen molar-refractivity contribution in [1.29, 1.82) is 0 Å². The van der Waals surface area contributed by atoms with Gasteiger partial charge in [-0.1, -0.05) is 13.3 Å². The smallest absolute Gasteiger partial charge is 0.265 e. The van der Waals surface area contributed by atoms with Crippen molar-refractivity contribution in [2.45, 2.75) is 37.6 Å². The molecule has 1 aromatic rings. The van der Waals surface area contributed by atoms with E-state index in [0.29, 0.717) is 12.5 Å². The zero-order valence-corrected chi connectivity index (χ0v) is 14.4. The third-order valence-electron chi connectivity index (χ3n) is 2.70. The van der Waals surface area contributed by atoms with Gasteiger partial charge in [-0.15, -0.1) is 0 Å². The van der Waals surface area contributed by atoms with E-state index in [1.807, 2.05) is 6.92 Å². The number of carbonyl (C=O) groups is 1. The molecule has 0 aromatic heterocycles. The molecule has 0 spiro atoms. The van der Waals surface area contributed by atoms with Gasteiger partial charge in [-0.05, 0) is 35.3 Å². The van der Waals surface area contributed by atoms with Gasteiger partial charge in [0.25, 0.3) is 15.0 Å². The Kier molecular flexibility index (Phi) is 6.12. The largest absolute Gasteiger partial charge is 0.349 e. The fourth-order valence-electron chi connectivity index (χ4n) is 1.80. The molecule has 0 heterocycles. The predicted molar refractivity (Wildman–Crippen MR) is 78.9 cm³/mol. The third kappa shape index (κ3) is 4.37. The topological polar surface area (TPSA) is 63.2 Å². The Balaban J connectivity index is 3.34. The number of hydrogen-bond acceptors (Lipinski definition) is 3. The highest BCUT2D eigenvalue weighted by atomic mass is 79.9. The summed E-state index contributed by atoms with van der Waals surface area (Å²) in [6, 6.07) is 0.388. The normalized spacial score (nSPS) is 13.0. The Labute approximate surface area is 134 Å². The van der Waals surface area contributed by atoms with E-state index < -0.39 is 37.1 Å². The quantitative estimate of drug-likeness (QED) is 0.763. The number of carbonyl (C=O) groups excluding carboxylic acids is 1. The highest BCUT2D eigenvalue weighted by molar-refractivity contribution is 9.10. The van der Waals surface area contributed by atoms with Crippen LogP contribution in [0.1, 0.15) is 37.0 Å². The lowest BCUT2D eigenvalue weighted by Gasteiger charge is -2.14. The average molecular weight is 405 g/mol. The van der Waals surface area contributed by atoms with Crippen molar-refractivity contribution in [3.63, 3.8) is 0 Å². The SMILES string of the molecule is CCCC(C)NC(=O)c1c(F)cc(Br)c(S(=O)(=O)Cl)c1F. The van der Waals surface area contributed by atoms with Gasteiger partial charge in [-0.2, -0.15) is 0 Å². The predicted octanol–water partition coefficient (Wildman–Crippen LogP) is 3.57. The summed E-state index contributed by atoms with van der Waals surface area (Å²) < 4.78 is 50.2. The molecule has 1 unspecified atom stereocenters. The van der Waals surface area contributed by atoms with E-state index in [0.717, 1.165) is 6.42 Å². The Morgan fingerprint density at radius 2 is 2.05 bits per heavy atom. The summed E-state index contributed by atoms with van der Waals surface area (Å²) in [4.78, 5) is 11.0. The molecule has 0 aliphatic heterocycles. The van der Waals surface area contributed by atoms with Gasteiger partial charge in [0, 0.05) is 21.2 Å². The van der Waals surface area contributed by atoms with Gasteiger partial charge < -0.3 is 5.32 Å². The van der Waals surface area contributed by atoms with Gasteiger partial charge in [-0.3, -0.25) is 4.79 Å². The number of halogens is 4. The number of hydrogen-bond donors (Lipinski definition) is 1. The first kappa shape index (κ1) is 18.3. The van der Waals surface area contributed by atoms with Crippen molar-refractivity contribution < 1.29 is 22.0 Å². The maximum Gasteiger partial charge on any atom is 0.265 e. The molecule has 21 heavy (non-hydrogen) atoms. The van der Waals surface area contributed by atoms with E-state index in [4.69, 9.17) is 10.7 Å². The molecule has 0 radical (unpaired) electrons. The van der Waals surface area contributed by atoms with Crippen LogP contribution in [-0.4, -0.2) is 20.4 Å². The maximum absolute atomic E-state index is 14.2. The molecule has 1 aromatic carbocycles. The molecule has 1 atom stereocenters. The molecule has 0 saturated heterocycles. The second-order valence-electron chi connectivity index (χ2n) is 4.46. The van der Waals surface area contributed by atoms with Crippen molar-refractivity contribution in [1.82, 2.24) is 5.32 Å². The first-order valence-corrected chi connectivity index (χ1v) is 9.12. The zero-order chi connectivity index (χ0) is 16.4. The van der Waals surface area contributed by atoms with Crippen molar-refractivity contribution in [3.05, 3.63) is 27.7 Å². The van der Waals surface area contributed by atoms with Crippen LogP contribution in [0.3, 0.4) is 0 Å². The molecule has 0 saturated carbocycles. The highest BCUT2D eigenvalue weighted by Gasteiger charge is 2.29. The summed E-state index contributed by atoms with van der Waals surface area (Å²) in [5.74, 6) is -3.72. The lowest BCUT2D eigenvalue weighted by molar-refractivity contribution is 0.0929. The summed E-state index contributed by atoms with van der Waals surface area (Å²) in [7, 11) is 0.630. The standard InChI is InChI=1S/C12H13BrClF2NO3S/c1-3-4-6(2)17-12(18)9-8(15)5-7(13)11(10(9)16)21(14,19)20/h5-6H,3-4H2,1-2H3,(H,17,18). The van der Waals surface area contributed by atoms with Gasteiger partial charge in [-0.25, -0.2) is 17.2 Å². The van der Waals surface area contributed by atoms with Crippen molar-refractivity contribution in [3.8, 4) is 0 Å². The summed E-state index contributed by atoms with van der Waals surface area (Å²) in [5.41, 5.74) is -0.972. The second-order valence-corrected chi connectivity index (χ2v) is 7.82. The van der Waals surface area contributed by atoms with Crippen molar-refractivity contribution in [2.24, 2.45) is 0 Å². The highest BCUT2D eigenvalue weighted by Crippen LogP contribution is 2.31. The summed E-state index contributed by atoms with van der Waals surface area (Å²) in [6.45, 7) is 3.57. The lowest BCUT2D eigenvalue weighted by Crippen LogP contribution is -2.34. The molecule has 1 N–H and O–H groups in total. The Bertz CT molecular complexity index is 667. The number of rotatable bonds is 5. The van der Waals surface area contributed by atoms with E-state index in [9.17, 15) is 22.0 Å². The number of benzene rings is 1. The first-order chi connectivity index (χ1) is 9.59. The maximum atomic E-state index is 14.2. The first-order valence-electron chi connectivity index (χ1n) is 6.02. The zero-order valence-electron chi connectivity index (χ0n) is 11.2. The monoisotopic (exact) mass is 403 g/mol. The van der Waals surface area contributed by atoms with Crippen LogP contribution in [0.25, 0.3) is 0 Å². The van der Waals surface area contributed by atoms with Gasteiger partial charge in [0.2, 0.25) is 0 Å². The van der Waals surface area contributed by atoms with Crippen LogP contribution in [0.4, 0.5) is 8.78 Å². The van der Waals surface area contributed by atoms with E-state index in [1.165, 1.54) is 0 Å². The van der Waals surface area contributed by atoms with Crippen LogP contribution in [0, 0.1) is 11.6 Å². The van der Waals surface area contributed by atoms with E-state index in [-0.39, 0.29) is 10.5 Å². The minimum Gasteiger partial charge on any atom is -0.349 e. The van der Waals surface area contributed by atoms with E-state index >= 15 is 0 Å². The molecule has 0 aliphatic carbocycles. The van der Waals surface area contributed by atoms with Gasteiger partial charge in [0.05, 0.1) is 0 Å². The minimum absolute atomic E-state index is 0.305. The van der Waals surface area contributed by atoms with Crippen LogP contribution in [0.5, 0.6) is 0 Å². The van der Waals surface area contributed by atoms with Crippen LogP contribution >= 0.6 is 26.6 Å². The summed E-state index contributed by atoms with van der Waals surface area (Å²) in [5, 5.41) is 2.40. The van der Waals surface area contributed by atoms with E-state index in [1.54, 1.807) is 6.92 Å². The molecule has 4 nitrogen and oxygen atoms in total. The summed E-state index contributed by atoms with van der Waals surface area (Å²) >= 11 is 2.72. The molecule has 1 rings (SSSR count). The fourth-order valence-corrected chi connectivity index (χ4v) is 4.16. The van der Waals surface area contributed by atoms with Crippen molar-refractivity contribution >= 4 is 41.6 Å². The molecular weight excluding hydrogens is 392 g/mol. The molecule has 9 heteroatoms. The Morgan fingerprint density at radius 3 is 2.52 bits per heavy atom. The Hall–Kier alpha value is -0.730. The van der Waals surface area contributed by atoms with Crippen LogP contribution in [-0.2, 0) is 9.05 Å². The molecule has 1 amide bonds. The fraction of sp³-hybridized carbons (Fsp3) is 0.417. The molecule has 0 aliphatic rings. The summed E-state index contributed by atoms with van der Waals surface area (Å²) in [6.07, 6.45) is 1.39. The van der Waals surface area contributed by atoms with Gasteiger partial charge in [0.15, 0.2) is 5.82 Å². The molecule has 118 valence electrons. The van der Waals surface area contributed by atoms with Gasteiger partial charge >= 0.3 is 0 Å². The third-order valence-corrected chi connectivity index (χ3v) is 4.94. The lowest BCUT2D eigenvalue weighted by atomic mass is 10.1. The Morgan fingerprint density at radius 1 is 1.48 bits per heavy atom. The molecular formula is C12H13BrClF2NO3S. The second kappa shape index (κ2) is 7.02. The number of nitrogens with one attached hydrogen (secondary N) is 1. The van der Waals surface area contributed by atoms with Crippen molar-refractivity contribution in [2.75, 3.05) is 0 Å². The molecule has 0 bridgehead atoms. The van der Waals surface area contributed by atoms with Crippen LogP contribution in [0.15, 0.2) is 15.4 Å². The number of amides is 1. The van der Waals surface area contributed by atoms with Crippen LogP contribution in [0.2, 0.25) is 0 Å².